The van der Waals surface area contributed by atoms with Gasteiger partial charge in [0, 0.05) is 24.7 Å². The SMILES string of the molecule is CN[C@H]1CCCN(C(=O)c2cccc(C)c2)C1. The number of benzene rings is 1. The first-order chi connectivity index (χ1) is 8.20. The predicted octanol–water partition coefficient (Wildman–Crippen LogP) is 1.82. The van der Waals surface area contributed by atoms with E-state index in [2.05, 4.69) is 5.32 Å². The zero-order valence-corrected chi connectivity index (χ0v) is 10.6. The van der Waals surface area contributed by atoms with Gasteiger partial charge < -0.3 is 10.2 Å². The predicted molar refractivity (Wildman–Crippen MR) is 69.2 cm³/mol. The van der Waals surface area contributed by atoms with E-state index in [0.29, 0.717) is 6.04 Å². The fourth-order valence-corrected chi connectivity index (χ4v) is 2.36. The number of aryl methyl sites for hydroxylation is 1. The van der Waals surface area contributed by atoms with Crippen molar-refractivity contribution in [3.63, 3.8) is 0 Å². The van der Waals surface area contributed by atoms with E-state index in [-0.39, 0.29) is 5.91 Å². The molecule has 1 saturated heterocycles. The van der Waals surface area contributed by atoms with Crippen LogP contribution in [0.3, 0.4) is 0 Å². The lowest BCUT2D eigenvalue weighted by Gasteiger charge is -2.32. The van der Waals surface area contributed by atoms with E-state index in [0.717, 1.165) is 37.1 Å². The normalized spacial score (nSPS) is 20.4. The Morgan fingerprint density at radius 3 is 3.00 bits per heavy atom. The second kappa shape index (κ2) is 5.32. The molecule has 3 heteroatoms. The number of likely N-dealkylation sites (tertiary alicyclic amines) is 1. The van der Waals surface area contributed by atoms with Gasteiger partial charge in [0.25, 0.3) is 5.91 Å². The number of hydrogen-bond donors (Lipinski definition) is 1. The van der Waals surface area contributed by atoms with E-state index in [1.165, 1.54) is 0 Å². The van der Waals surface area contributed by atoms with Gasteiger partial charge in [-0.3, -0.25) is 4.79 Å². The molecular formula is C14H20N2O. The molecule has 0 unspecified atom stereocenters. The lowest BCUT2D eigenvalue weighted by Crippen LogP contribution is -2.46. The number of carbonyl (C=O) groups excluding carboxylic acids is 1. The number of carbonyl (C=O) groups is 1. The van der Waals surface area contributed by atoms with Crippen LogP contribution in [0.1, 0.15) is 28.8 Å². The third-order valence-corrected chi connectivity index (χ3v) is 3.38. The van der Waals surface area contributed by atoms with Crippen LogP contribution in [-0.2, 0) is 0 Å². The highest BCUT2D eigenvalue weighted by Gasteiger charge is 2.23. The first-order valence-corrected chi connectivity index (χ1v) is 6.24. The van der Waals surface area contributed by atoms with Gasteiger partial charge in [-0.15, -0.1) is 0 Å². The molecule has 0 aromatic heterocycles. The van der Waals surface area contributed by atoms with Crippen LogP contribution in [0.4, 0.5) is 0 Å². The van der Waals surface area contributed by atoms with Gasteiger partial charge in [0.05, 0.1) is 0 Å². The summed E-state index contributed by atoms with van der Waals surface area (Å²) in [7, 11) is 1.96. The molecule has 3 nitrogen and oxygen atoms in total. The number of likely N-dealkylation sites (N-methyl/N-ethyl adjacent to an activating group) is 1. The minimum absolute atomic E-state index is 0.161. The fourth-order valence-electron chi connectivity index (χ4n) is 2.36. The molecule has 1 aromatic carbocycles. The average molecular weight is 232 g/mol. The second-order valence-electron chi connectivity index (χ2n) is 4.75. The molecule has 1 N–H and O–H groups in total. The highest BCUT2D eigenvalue weighted by atomic mass is 16.2. The number of piperidine rings is 1. The molecule has 1 amide bonds. The van der Waals surface area contributed by atoms with Gasteiger partial charge in [-0.1, -0.05) is 17.7 Å². The van der Waals surface area contributed by atoms with Crippen molar-refractivity contribution >= 4 is 5.91 Å². The van der Waals surface area contributed by atoms with Gasteiger partial charge in [0.2, 0.25) is 0 Å². The second-order valence-corrected chi connectivity index (χ2v) is 4.75. The summed E-state index contributed by atoms with van der Waals surface area (Å²) in [5.74, 6) is 0.161. The molecular weight excluding hydrogens is 212 g/mol. The van der Waals surface area contributed by atoms with Crippen LogP contribution in [0.15, 0.2) is 24.3 Å². The van der Waals surface area contributed by atoms with Gasteiger partial charge in [-0.25, -0.2) is 0 Å². The Labute approximate surface area is 103 Å². The lowest BCUT2D eigenvalue weighted by molar-refractivity contribution is 0.0698. The van der Waals surface area contributed by atoms with Crippen LogP contribution in [0.25, 0.3) is 0 Å². The summed E-state index contributed by atoms with van der Waals surface area (Å²) in [6, 6.07) is 8.27. The number of rotatable bonds is 2. The minimum Gasteiger partial charge on any atom is -0.337 e. The quantitative estimate of drug-likeness (QED) is 0.843. The third kappa shape index (κ3) is 2.86. The smallest absolute Gasteiger partial charge is 0.253 e. The van der Waals surface area contributed by atoms with Crippen molar-refractivity contribution < 1.29 is 4.79 Å². The molecule has 0 bridgehead atoms. The number of amides is 1. The van der Waals surface area contributed by atoms with Crippen LogP contribution < -0.4 is 5.32 Å². The Kier molecular flexibility index (Phi) is 3.79. The van der Waals surface area contributed by atoms with Crippen molar-refractivity contribution in [2.45, 2.75) is 25.8 Å². The molecule has 17 heavy (non-hydrogen) atoms. The highest BCUT2D eigenvalue weighted by molar-refractivity contribution is 5.94. The summed E-state index contributed by atoms with van der Waals surface area (Å²) in [6.45, 7) is 3.72. The van der Waals surface area contributed by atoms with Crippen molar-refractivity contribution in [1.29, 1.82) is 0 Å². The molecule has 1 aliphatic heterocycles. The Bertz CT molecular complexity index is 403. The van der Waals surface area contributed by atoms with E-state index < -0.39 is 0 Å². The highest BCUT2D eigenvalue weighted by Crippen LogP contribution is 2.14. The van der Waals surface area contributed by atoms with E-state index in [1.807, 2.05) is 43.1 Å². The Morgan fingerprint density at radius 1 is 1.47 bits per heavy atom. The molecule has 92 valence electrons. The van der Waals surface area contributed by atoms with Gasteiger partial charge in [-0.05, 0) is 38.9 Å². The molecule has 1 aliphatic rings. The van der Waals surface area contributed by atoms with Gasteiger partial charge in [0.1, 0.15) is 0 Å². The van der Waals surface area contributed by atoms with Crippen molar-refractivity contribution in [1.82, 2.24) is 10.2 Å². The fraction of sp³-hybridized carbons (Fsp3) is 0.500. The molecule has 0 saturated carbocycles. The van der Waals surface area contributed by atoms with Crippen molar-refractivity contribution in [2.75, 3.05) is 20.1 Å². The first kappa shape index (κ1) is 12.1. The zero-order valence-electron chi connectivity index (χ0n) is 10.6. The van der Waals surface area contributed by atoms with E-state index in [9.17, 15) is 4.79 Å². The Balaban J connectivity index is 2.09. The lowest BCUT2D eigenvalue weighted by atomic mass is 10.0. The minimum atomic E-state index is 0.161. The summed E-state index contributed by atoms with van der Waals surface area (Å²) in [5, 5.41) is 3.26. The van der Waals surface area contributed by atoms with Crippen LogP contribution in [0.2, 0.25) is 0 Å². The largest absolute Gasteiger partial charge is 0.337 e. The molecule has 0 aliphatic carbocycles. The first-order valence-electron chi connectivity index (χ1n) is 6.24. The van der Waals surface area contributed by atoms with Gasteiger partial charge >= 0.3 is 0 Å². The Morgan fingerprint density at radius 2 is 2.29 bits per heavy atom. The molecule has 0 radical (unpaired) electrons. The van der Waals surface area contributed by atoms with Crippen molar-refractivity contribution in [3.05, 3.63) is 35.4 Å². The van der Waals surface area contributed by atoms with Gasteiger partial charge in [0.15, 0.2) is 0 Å². The van der Waals surface area contributed by atoms with Crippen molar-refractivity contribution in [2.24, 2.45) is 0 Å². The van der Waals surface area contributed by atoms with E-state index in [4.69, 9.17) is 0 Å². The van der Waals surface area contributed by atoms with Gasteiger partial charge in [-0.2, -0.15) is 0 Å². The number of nitrogens with one attached hydrogen (secondary N) is 1. The average Bonchev–Trinajstić information content (AvgIpc) is 2.38. The summed E-state index contributed by atoms with van der Waals surface area (Å²) >= 11 is 0. The van der Waals surface area contributed by atoms with Crippen LogP contribution in [0.5, 0.6) is 0 Å². The topological polar surface area (TPSA) is 32.3 Å². The zero-order chi connectivity index (χ0) is 12.3. The van der Waals surface area contributed by atoms with E-state index in [1.54, 1.807) is 0 Å². The molecule has 2 rings (SSSR count). The number of hydrogen-bond acceptors (Lipinski definition) is 2. The standard InChI is InChI=1S/C14H20N2O/c1-11-5-3-6-12(9-11)14(17)16-8-4-7-13(10-16)15-2/h3,5-6,9,13,15H,4,7-8,10H2,1-2H3/t13-/m0/s1. The van der Waals surface area contributed by atoms with E-state index >= 15 is 0 Å². The maximum atomic E-state index is 12.3. The third-order valence-electron chi connectivity index (χ3n) is 3.38. The maximum absolute atomic E-state index is 12.3. The van der Waals surface area contributed by atoms with Crippen LogP contribution in [-0.4, -0.2) is 37.0 Å². The molecule has 1 atom stereocenters. The summed E-state index contributed by atoms with van der Waals surface area (Å²) in [5.41, 5.74) is 1.94. The molecule has 1 aromatic rings. The summed E-state index contributed by atoms with van der Waals surface area (Å²) < 4.78 is 0. The molecule has 0 spiro atoms. The molecule has 1 heterocycles. The summed E-state index contributed by atoms with van der Waals surface area (Å²) in [6.07, 6.45) is 2.25. The monoisotopic (exact) mass is 232 g/mol. The molecule has 1 fully saturated rings. The number of nitrogens with zero attached hydrogens (tertiary/aromatic N) is 1. The van der Waals surface area contributed by atoms with Crippen LogP contribution >= 0.6 is 0 Å². The Hall–Kier alpha value is -1.35. The maximum Gasteiger partial charge on any atom is 0.253 e. The van der Waals surface area contributed by atoms with Crippen molar-refractivity contribution in [3.8, 4) is 0 Å². The van der Waals surface area contributed by atoms with Crippen LogP contribution in [0, 0.1) is 6.92 Å². The summed E-state index contributed by atoms with van der Waals surface area (Å²) in [4.78, 5) is 14.3.